The highest BCUT2D eigenvalue weighted by atomic mass is 35.5. The normalized spacial score (nSPS) is 16.5. The molecule has 32 heavy (non-hydrogen) atoms. The molecule has 0 spiro atoms. The average Bonchev–Trinajstić information content (AvgIpc) is 2.76. The third-order valence-corrected chi connectivity index (χ3v) is 7.34. The van der Waals surface area contributed by atoms with Crippen molar-refractivity contribution < 1.29 is 18.0 Å². The minimum atomic E-state index is -3.83. The number of nitrogens with zero attached hydrogens (tertiary/aromatic N) is 1. The van der Waals surface area contributed by atoms with E-state index in [2.05, 4.69) is 10.0 Å². The molecule has 3 rings (SSSR count). The van der Waals surface area contributed by atoms with Gasteiger partial charge in [0.1, 0.15) is 0 Å². The first-order valence-electron chi connectivity index (χ1n) is 10.3. The topological polar surface area (TPSA) is 95.6 Å². The van der Waals surface area contributed by atoms with Gasteiger partial charge in [-0.2, -0.15) is 0 Å². The maximum absolute atomic E-state index is 12.7. The molecule has 1 saturated heterocycles. The molecule has 2 amide bonds. The van der Waals surface area contributed by atoms with Crippen LogP contribution < -0.4 is 10.0 Å². The number of carbonyl (C=O) groups is 2. The van der Waals surface area contributed by atoms with Crippen molar-refractivity contribution in [1.82, 2.24) is 10.2 Å². The monoisotopic (exact) mass is 497 g/mol. The van der Waals surface area contributed by atoms with Crippen LogP contribution >= 0.6 is 23.2 Å². The van der Waals surface area contributed by atoms with Crippen LogP contribution in [0.2, 0.25) is 10.0 Å². The van der Waals surface area contributed by atoms with E-state index in [9.17, 15) is 18.0 Å². The maximum Gasteiger partial charge on any atom is 0.261 e. The van der Waals surface area contributed by atoms with Gasteiger partial charge in [-0.15, -0.1) is 0 Å². The Morgan fingerprint density at radius 2 is 1.81 bits per heavy atom. The zero-order chi connectivity index (χ0) is 23.3. The number of halogens is 2. The summed E-state index contributed by atoms with van der Waals surface area (Å²) < 4.78 is 27.6. The molecule has 0 aromatic heterocycles. The molecule has 10 heteroatoms. The van der Waals surface area contributed by atoms with Crippen molar-refractivity contribution in [2.75, 3.05) is 17.8 Å². The van der Waals surface area contributed by atoms with Crippen LogP contribution in [0.3, 0.4) is 0 Å². The predicted octanol–water partition coefficient (Wildman–Crippen LogP) is 3.85. The first kappa shape index (κ1) is 24.4. The molecular weight excluding hydrogens is 473 g/mol. The number of likely N-dealkylation sites (tertiary alicyclic amines) is 1. The molecule has 0 radical (unpaired) electrons. The molecule has 1 aliphatic heterocycles. The molecule has 0 aliphatic carbocycles. The number of amides is 2. The van der Waals surface area contributed by atoms with Crippen molar-refractivity contribution in [3.05, 3.63) is 58.1 Å². The number of sulfonamides is 1. The molecule has 1 heterocycles. The number of carbonyl (C=O) groups excluding carboxylic acids is 2. The number of anilines is 1. The van der Waals surface area contributed by atoms with Gasteiger partial charge in [-0.1, -0.05) is 42.3 Å². The van der Waals surface area contributed by atoms with Gasteiger partial charge in [-0.05, 0) is 48.7 Å². The van der Waals surface area contributed by atoms with Gasteiger partial charge >= 0.3 is 0 Å². The number of hydrogen-bond acceptors (Lipinski definition) is 4. The van der Waals surface area contributed by atoms with Crippen LogP contribution in [-0.4, -0.2) is 44.3 Å². The molecule has 0 saturated carbocycles. The van der Waals surface area contributed by atoms with E-state index in [1.54, 1.807) is 36.1 Å². The van der Waals surface area contributed by atoms with Crippen molar-refractivity contribution in [1.29, 1.82) is 0 Å². The van der Waals surface area contributed by atoms with Crippen LogP contribution in [0, 0.1) is 0 Å². The summed E-state index contributed by atoms with van der Waals surface area (Å²) in [7, 11) is -3.83. The van der Waals surface area contributed by atoms with Gasteiger partial charge in [0.25, 0.3) is 10.0 Å². The van der Waals surface area contributed by atoms with E-state index in [4.69, 9.17) is 23.2 Å². The Kier molecular flexibility index (Phi) is 8.03. The summed E-state index contributed by atoms with van der Waals surface area (Å²) in [6.45, 7) is 2.97. The lowest BCUT2D eigenvalue weighted by molar-refractivity contribution is -0.133. The van der Waals surface area contributed by atoms with Crippen molar-refractivity contribution in [2.24, 2.45) is 0 Å². The molecule has 2 aromatic rings. The van der Waals surface area contributed by atoms with E-state index in [1.807, 2.05) is 0 Å². The fraction of sp³-hybridized carbons (Fsp3) is 0.364. The largest absolute Gasteiger partial charge is 0.352 e. The van der Waals surface area contributed by atoms with Crippen molar-refractivity contribution >= 4 is 50.7 Å². The molecule has 1 aliphatic rings. The molecule has 2 aromatic carbocycles. The van der Waals surface area contributed by atoms with Gasteiger partial charge in [0.05, 0.1) is 21.4 Å². The standard InChI is InChI=1S/C22H25Cl2N3O4S/c1-2-21(28)25-17-4-3-11-27(14-17)22(29)12-15-5-7-16(8-6-15)26-32(30,31)18-9-10-19(23)20(24)13-18/h5-10,13,17,26H,2-4,11-12,14H2,1H3,(H,25,28). The molecular formula is C22H25Cl2N3O4S. The van der Waals surface area contributed by atoms with Crippen LogP contribution in [0.4, 0.5) is 5.69 Å². The van der Waals surface area contributed by atoms with Gasteiger partial charge in [-0.25, -0.2) is 8.42 Å². The highest BCUT2D eigenvalue weighted by Crippen LogP contribution is 2.26. The van der Waals surface area contributed by atoms with Crippen LogP contribution in [0.5, 0.6) is 0 Å². The highest BCUT2D eigenvalue weighted by molar-refractivity contribution is 7.92. The van der Waals surface area contributed by atoms with Gasteiger partial charge in [0.15, 0.2) is 0 Å². The SMILES string of the molecule is CCC(=O)NC1CCCN(C(=O)Cc2ccc(NS(=O)(=O)c3ccc(Cl)c(Cl)c3)cc2)C1. The van der Waals surface area contributed by atoms with Crippen LogP contribution in [0.25, 0.3) is 0 Å². The number of nitrogens with one attached hydrogen (secondary N) is 2. The third kappa shape index (κ3) is 6.37. The molecule has 1 unspecified atom stereocenters. The van der Waals surface area contributed by atoms with Gasteiger partial charge < -0.3 is 10.2 Å². The summed E-state index contributed by atoms with van der Waals surface area (Å²) in [6.07, 6.45) is 2.33. The Balaban J connectivity index is 1.60. The molecule has 1 fully saturated rings. The fourth-order valence-electron chi connectivity index (χ4n) is 3.49. The lowest BCUT2D eigenvalue weighted by Gasteiger charge is -2.33. The second kappa shape index (κ2) is 10.6. The predicted molar refractivity (Wildman–Crippen MR) is 125 cm³/mol. The zero-order valence-electron chi connectivity index (χ0n) is 17.6. The summed E-state index contributed by atoms with van der Waals surface area (Å²) >= 11 is 11.8. The van der Waals surface area contributed by atoms with E-state index < -0.39 is 10.0 Å². The minimum absolute atomic E-state index is 0.000899. The Bertz CT molecular complexity index is 1090. The number of rotatable bonds is 7. The number of benzene rings is 2. The smallest absolute Gasteiger partial charge is 0.261 e. The first-order valence-corrected chi connectivity index (χ1v) is 12.6. The van der Waals surface area contributed by atoms with Gasteiger partial charge in [0.2, 0.25) is 11.8 Å². The number of piperidine rings is 1. The second-order valence-corrected chi connectivity index (χ2v) is 10.2. The van der Waals surface area contributed by atoms with E-state index in [1.165, 1.54) is 18.2 Å². The summed E-state index contributed by atoms with van der Waals surface area (Å²) in [5.41, 5.74) is 1.14. The quantitative estimate of drug-likeness (QED) is 0.606. The van der Waals surface area contributed by atoms with E-state index in [0.717, 1.165) is 18.4 Å². The third-order valence-electron chi connectivity index (χ3n) is 5.22. The molecule has 172 valence electrons. The summed E-state index contributed by atoms with van der Waals surface area (Å²) in [4.78, 5) is 26.1. The first-order chi connectivity index (χ1) is 15.2. The van der Waals surface area contributed by atoms with Gasteiger partial charge in [0, 0.05) is 31.2 Å². The summed E-state index contributed by atoms with van der Waals surface area (Å²) in [6, 6.07) is 10.7. The Labute approximate surface area is 198 Å². The zero-order valence-corrected chi connectivity index (χ0v) is 19.9. The average molecular weight is 498 g/mol. The Hall–Kier alpha value is -2.29. The number of hydrogen-bond donors (Lipinski definition) is 2. The second-order valence-electron chi connectivity index (χ2n) is 7.66. The summed E-state index contributed by atoms with van der Waals surface area (Å²) in [5.74, 6) is -0.0344. The van der Waals surface area contributed by atoms with E-state index in [0.29, 0.717) is 25.2 Å². The van der Waals surface area contributed by atoms with E-state index >= 15 is 0 Å². The lowest BCUT2D eigenvalue weighted by atomic mass is 10.0. The minimum Gasteiger partial charge on any atom is -0.352 e. The molecule has 0 bridgehead atoms. The highest BCUT2D eigenvalue weighted by Gasteiger charge is 2.24. The molecule has 1 atom stereocenters. The van der Waals surface area contributed by atoms with Crippen LogP contribution in [0.1, 0.15) is 31.7 Å². The van der Waals surface area contributed by atoms with Gasteiger partial charge in [-0.3, -0.25) is 14.3 Å². The Morgan fingerprint density at radius 1 is 1.09 bits per heavy atom. The maximum atomic E-state index is 12.7. The van der Waals surface area contributed by atoms with E-state index in [-0.39, 0.29) is 39.2 Å². The van der Waals surface area contributed by atoms with Crippen molar-refractivity contribution in [2.45, 2.75) is 43.5 Å². The van der Waals surface area contributed by atoms with Crippen LogP contribution in [-0.2, 0) is 26.0 Å². The Morgan fingerprint density at radius 3 is 2.47 bits per heavy atom. The molecule has 7 nitrogen and oxygen atoms in total. The van der Waals surface area contributed by atoms with Crippen molar-refractivity contribution in [3.8, 4) is 0 Å². The fourth-order valence-corrected chi connectivity index (χ4v) is 4.93. The van der Waals surface area contributed by atoms with Crippen molar-refractivity contribution in [3.63, 3.8) is 0 Å². The van der Waals surface area contributed by atoms with Crippen LogP contribution in [0.15, 0.2) is 47.4 Å². The lowest BCUT2D eigenvalue weighted by Crippen LogP contribution is -2.49. The summed E-state index contributed by atoms with van der Waals surface area (Å²) in [5, 5.41) is 3.37. The molecule has 2 N–H and O–H groups in total.